The average molecular weight is 368 g/mol. The number of ether oxygens (including phenoxy) is 1. The number of carbonyl (C=O) groups excluding carboxylic acids is 4. The first kappa shape index (κ1) is 18.7. The SMILES string of the molecule is CCC1(C)NC(=O)N(CC(=O)OCC(=O)Nc2cccc(Cl)c2)C1=O. The first-order valence-corrected chi connectivity index (χ1v) is 7.98. The highest BCUT2D eigenvalue weighted by atomic mass is 35.5. The maximum absolute atomic E-state index is 12.2. The number of benzene rings is 1. The van der Waals surface area contributed by atoms with Crippen LogP contribution in [0.15, 0.2) is 24.3 Å². The van der Waals surface area contributed by atoms with Crippen molar-refractivity contribution >= 4 is 41.1 Å². The fraction of sp³-hybridized carbons (Fsp3) is 0.375. The molecule has 9 heteroatoms. The normalized spacial score (nSPS) is 19.6. The molecule has 4 amide bonds. The Morgan fingerprint density at radius 1 is 1.36 bits per heavy atom. The van der Waals surface area contributed by atoms with Crippen molar-refractivity contribution in [3.8, 4) is 0 Å². The van der Waals surface area contributed by atoms with Gasteiger partial charge in [-0.05, 0) is 31.5 Å². The number of urea groups is 1. The Balaban J connectivity index is 1.83. The van der Waals surface area contributed by atoms with Crippen LogP contribution in [0.5, 0.6) is 0 Å². The first-order valence-electron chi connectivity index (χ1n) is 7.60. The Labute approximate surface area is 149 Å². The lowest BCUT2D eigenvalue weighted by atomic mass is 9.99. The molecule has 1 aromatic rings. The van der Waals surface area contributed by atoms with Gasteiger partial charge in [0.1, 0.15) is 12.1 Å². The number of hydrogen-bond acceptors (Lipinski definition) is 5. The summed E-state index contributed by atoms with van der Waals surface area (Å²) in [6.45, 7) is 2.24. The van der Waals surface area contributed by atoms with Crippen LogP contribution in [0, 0.1) is 0 Å². The Hall–Kier alpha value is -2.61. The largest absolute Gasteiger partial charge is 0.454 e. The molecule has 1 aliphatic rings. The smallest absolute Gasteiger partial charge is 0.326 e. The van der Waals surface area contributed by atoms with Crippen LogP contribution in [-0.2, 0) is 19.1 Å². The van der Waals surface area contributed by atoms with E-state index >= 15 is 0 Å². The van der Waals surface area contributed by atoms with E-state index in [1.807, 2.05) is 0 Å². The Morgan fingerprint density at radius 2 is 2.08 bits per heavy atom. The molecule has 1 heterocycles. The molecular formula is C16H18ClN3O5. The lowest BCUT2D eigenvalue weighted by molar-refractivity contribution is -0.150. The van der Waals surface area contributed by atoms with Crippen LogP contribution in [0.2, 0.25) is 5.02 Å². The van der Waals surface area contributed by atoms with Gasteiger partial charge in [-0.15, -0.1) is 0 Å². The molecule has 0 saturated carbocycles. The number of nitrogens with zero attached hydrogens (tertiary/aromatic N) is 1. The second kappa shape index (κ2) is 7.52. The van der Waals surface area contributed by atoms with Gasteiger partial charge in [-0.3, -0.25) is 19.3 Å². The molecule has 134 valence electrons. The minimum atomic E-state index is -1.03. The van der Waals surface area contributed by atoms with E-state index in [1.54, 1.807) is 38.1 Å². The van der Waals surface area contributed by atoms with E-state index in [0.717, 1.165) is 4.90 Å². The van der Waals surface area contributed by atoms with Crippen molar-refractivity contribution in [1.29, 1.82) is 0 Å². The van der Waals surface area contributed by atoms with Crippen LogP contribution in [-0.4, -0.2) is 47.4 Å². The van der Waals surface area contributed by atoms with E-state index in [9.17, 15) is 19.2 Å². The zero-order chi connectivity index (χ0) is 18.6. The van der Waals surface area contributed by atoms with E-state index < -0.39 is 42.5 Å². The van der Waals surface area contributed by atoms with Gasteiger partial charge in [0.2, 0.25) is 0 Å². The zero-order valence-electron chi connectivity index (χ0n) is 13.8. The molecular weight excluding hydrogens is 350 g/mol. The molecule has 1 aliphatic heterocycles. The van der Waals surface area contributed by atoms with Crippen molar-refractivity contribution in [3.63, 3.8) is 0 Å². The van der Waals surface area contributed by atoms with E-state index in [1.165, 1.54) is 0 Å². The number of hydrogen-bond donors (Lipinski definition) is 2. The predicted octanol–water partition coefficient (Wildman–Crippen LogP) is 1.54. The van der Waals surface area contributed by atoms with Crippen molar-refractivity contribution in [2.45, 2.75) is 25.8 Å². The number of carbonyl (C=O) groups is 4. The summed E-state index contributed by atoms with van der Waals surface area (Å²) in [6.07, 6.45) is 0.394. The summed E-state index contributed by atoms with van der Waals surface area (Å²) >= 11 is 5.80. The third-order valence-electron chi connectivity index (χ3n) is 3.81. The van der Waals surface area contributed by atoms with Crippen molar-refractivity contribution in [2.24, 2.45) is 0 Å². The highest BCUT2D eigenvalue weighted by molar-refractivity contribution is 6.30. The van der Waals surface area contributed by atoms with E-state index in [0.29, 0.717) is 17.1 Å². The van der Waals surface area contributed by atoms with Crippen LogP contribution in [0.4, 0.5) is 10.5 Å². The number of imide groups is 1. The van der Waals surface area contributed by atoms with Gasteiger partial charge in [-0.25, -0.2) is 4.79 Å². The quantitative estimate of drug-likeness (QED) is 0.586. The van der Waals surface area contributed by atoms with E-state index in [-0.39, 0.29) is 0 Å². The molecule has 25 heavy (non-hydrogen) atoms. The molecule has 8 nitrogen and oxygen atoms in total. The molecule has 1 saturated heterocycles. The number of rotatable bonds is 6. The third-order valence-corrected chi connectivity index (χ3v) is 4.05. The summed E-state index contributed by atoms with van der Waals surface area (Å²) in [5, 5.41) is 5.49. The molecule has 0 bridgehead atoms. The standard InChI is InChI=1S/C16H18ClN3O5/c1-3-16(2)14(23)20(15(24)19-16)8-13(22)25-9-12(21)18-11-6-4-5-10(17)7-11/h4-7H,3,8-9H2,1-2H3,(H,18,21)(H,19,24). The number of amides is 4. The van der Waals surface area contributed by atoms with Gasteiger partial charge in [0.25, 0.3) is 11.8 Å². The van der Waals surface area contributed by atoms with Crippen molar-refractivity contribution in [3.05, 3.63) is 29.3 Å². The predicted molar refractivity (Wildman–Crippen MR) is 90.0 cm³/mol. The molecule has 1 atom stereocenters. The third kappa shape index (κ3) is 4.48. The van der Waals surface area contributed by atoms with Gasteiger partial charge >= 0.3 is 12.0 Å². The molecule has 0 spiro atoms. The fourth-order valence-corrected chi connectivity index (χ4v) is 2.40. The summed E-state index contributed by atoms with van der Waals surface area (Å²) in [4.78, 5) is 48.3. The van der Waals surface area contributed by atoms with Gasteiger partial charge in [0, 0.05) is 10.7 Å². The fourth-order valence-electron chi connectivity index (χ4n) is 2.21. The summed E-state index contributed by atoms with van der Waals surface area (Å²) in [6, 6.07) is 5.82. The number of nitrogens with one attached hydrogen (secondary N) is 2. The van der Waals surface area contributed by atoms with Crippen molar-refractivity contribution in [1.82, 2.24) is 10.2 Å². The van der Waals surface area contributed by atoms with Crippen LogP contribution in [0.1, 0.15) is 20.3 Å². The summed E-state index contributed by atoms with van der Waals surface area (Å²) in [5.74, 6) is -1.92. The molecule has 1 fully saturated rings. The summed E-state index contributed by atoms with van der Waals surface area (Å²) in [7, 11) is 0. The molecule has 1 unspecified atom stereocenters. The monoisotopic (exact) mass is 367 g/mol. The van der Waals surface area contributed by atoms with Gasteiger partial charge < -0.3 is 15.4 Å². The minimum absolute atomic E-state index is 0.394. The first-order chi connectivity index (χ1) is 11.7. The average Bonchev–Trinajstić information content (AvgIpc) is 2.77. The van der Waals surface area contributed by atoms with Gasteiger partial charge in [-0.1, -0.05) is 24.6 Å². The molecule has 0 aromatic heterocycles. The molecule has 0 radical (unpaired) electrons. The molecule has 1 aromatic carbocycles. The lowest BCUT2D eigenvalue weighted by Crippen LogP contribution is -2.43. The lowest BCUT2D eigenvalue weighted by Gasteiger charge is -2.18. The Kier molecular flexibility index (Phi) is 5.63. The van der Waals surface area contributed by atoms with Crippen LogP contribution >= 0.6 is 11.6 Å². The zero-order valence-corrected chi connectivity index (χ0v) is 14.6. The van der Waals surface area contributed by atoms with Gasteiger partial charge in [0.15, 0.2) is 6.61 Å². The molecule has 2 N–H and O–H groups in total. The van der Waals surface area contributed by atoms with Crippen molar-refractivity contribution < 1.29 is 23.9 Å². The maximum atomic E-state index is 12.2. The summed E-state index contributed by atoms with van der Waals surface area (Å²) in [5.41, 5.74) is -0.567. The number of anilines is 1. The Bertz CT molecular complexity index is 723. The Morgan fingerprint density at radius 3 is 2.68 bits per heavy atom. The van der Waals surface area contributed by atoms with Crippen LogP contribution in [0.3, 0.4) is 0 Å². The van der Waals surface area contributed by atoms with Crippen LogP contribution < -0.4 is 10.6 Å². The van der Waals surface area contributed by atoms with Gasteiger partial charge in [0.05, 0.1) is 0 Å². The van der Waals surface area contributed by atoms with Gasteiger partial charge in [-0.2, -0.15) is 0 Å². The molecule has 0 aliphatic carbocycles. The van der Waals surface area contributed by atoms with Crippen LogP contribution in [0.25, 0.3) is 0 Å². The number of esters is 1. The minimum Gasteiger partial charge on any atom is -0.454 e. The van der Waals surface area contributed by atoms with E-state index in [2.05, 4.69) is 10.6 Å². The topological polar surface area (TPSA) is 105 Å². The number of halogens is 1. The molecule has 2 rings (SSSR count). The van der Waals surface area contributed by atoms with Crippen molar-refractivity contribution in [2.75, 3.05) is 18.5 Å². The summed E-state index contributed by atoms with van der Waals surface area (Å²) < 4.78 is 4.81. The highest BCUT2D eigenvalue weighted by Gasteiger charge is 2.47. The van der Waals surface area contributed by atoms with E-state index in [4.69, 9.17) is 16.3 Å². The second-order valence-corrected chi connectivity index (χ2v) is 6.16. The second-order valence-electron chi connectivity index (χ2n) is 5.73. The maximum Gasteiger partial charge on any atom is 0.326 e. The highest BCUT2D eigenvalue weighted by Crippen LogP contribution is 2.20.